The van der Waals surface area contributed by atoms with Gasteiger partial charge in [-0.15, -0.1) is 0 Å². The number of pyridine rings is 1. The normalized spacial score (nSPS) is 21.9. The van der Waals surface area contributed by atoms with E-state index in [1.807, 2.05) is 42.2 Å². The van der Waals surface area contributed by atoms with E-state index in [2.05, 4.69) is 22.4 Å². The molecule has 3 aromatic rings. The summed E-state index contributed by atoms with van der Waals surface area (Å²) in [6.07, 6.45) is 3.36. The van der Waals surface area contributed by atoms with Crippen molar-refractivity contribution in [2.45, 2.75) is 45.2 Å². The van der Waals surface area contributed by atoms with Crippen molar-refractivity contribution in [3.63, 3.8) is 0 Å². The molecule has 5 rings (SSSR count). The van der Waals surface area contributed by atoms with Gasteiger partial charge in [-0.1, -0.05) is 35.0 Å². The van der Waals surface area contributed by atoms with Crippen LogP contribution < -0.4 is 5.32 Å². The van der Waals surface area contributed by atoms with E-state index < -0.39 is 0 Å². The first-order valence-electron chi connectivity index (χ1n) is 9.98. The van der Waals surface area contributed by atoms with Crippen molar-refractivity contribution in [3.05, 3.63) is 47.2 Å². The smallest absolute Gasteiger partial charge is 0.259 e. The third kappa shape index (κ3) is 2.98. The lowest BCUT2D eigenvalue weighted by Crippen LogP contribution is -2.39. The van der Waals surface area contributed by atoms with Gasteiger partial charge in [0.15, 0.2) is 0 Å². The summed E-state index contributed by atoms with van der Waals surface area (Å²) in [4.78, 5) is 20.1. The number of carbonyl (C=O) groups excluding carboxylic acids is 1. The Hall–Kier alpha value is -2.73. The molecule has 2 aliphatic rings. The molecule has 2 unspecified atom stereocenters. The zero-order chi connectivity index (χ0) is 19.3. The highest BCUT2D eigenvalue weighted by Crippen LogP contribution is 2.29. The van der Waals surface area contributed by atoms with E-state index >= 15 is 0 Å². The van der Waals surface area contributed by atoms with E-state index in [-0.39, 0.29) is 5.91 Å². The van der Waals surface area contributed by atoms with Crippen LogP contribution in [0.15, 0.2) is 34.9 Å². The van der Waals surface area contributed by atoms with Crippen molar-refractivity contribution in [1.29, 1.82) is 0 Å². The zero-order valence-corrected chi connectivity index (χ0v) is 16.2. The third-order valence-electron chi connectivity index (χ3n) is 6.01. The Labute approximate surface area is 163 Å². The summed E-state index contributed by atoms with van der Waals surface area (Å²) in [6, 6.07) is 11.0. The van der Waals surface area contributed by atoms with Crippen LogP contribution >= 0.6 is 0 Å². The largest absolute Gasteiger partial charge is 0.337 e. The highest BCUT2D eigenvalue weighted by atomic mass is 16.5. The maximum absolute atomic E-state index is 13.5. The standard InChI is InChI=1S/C22H24N4O2/c1-13-3-5-15(6-4-13)19-11-18(20-14(2)25-28-21(20)24-19)22(27)26-10-9-16-7-8-17(12-26)23-16/h3-6,11,16-17,23H,7-10,12H2,1-2H3. The van der Waals surface area contributed by atoms with Crippen LogP contribution in [0, 0.1) is 13.8 Å². The maximum atomic E-state index is 13.5. The average Bonchev–Trinajstić information content (AvgIpc) is 3.23. The van der Waals surface area contributed by atoms with Crippen LogP contribution in [0.1, 0.15) is 40.9 Å². The van der Waals surface area contributed by atoms with Gasteiger partial charge in [-0.25, -0.2) is 4.98 Å². The van der Waals surface area contributed by atoms with Gasteiger partial charge >= 0.3 is 0 Å². The van der Waals surface area contributed by atoms with Gasteiger partial charge in [-0.3, -0.25) is 4.79 Å². The van der Waals surface area contributed by atoms with Gasteiger partial charge in [0.25, 0.3) is 11.6 Å². The quantitative estimate of drug-likeness (QED) is 0.741. The van der Waals surface area contributed by atoms with Gasteiger partial charge < -0.3 is 14.7 Å². The minimum atomic E-state index is 0.0430. The van der Waals surface area contributed by atoms with Crippen LogP contribution in [-0.4, -0.2) is 46.1 Å². The molecule has 2 atom stereocenters. The Kier molecular flexibility index (Phi) is 4.16. The number of aromatic nitrogens is 2. The molecule has 2 aliphatic heterocycles. The van der Waals surface area contributed by atoms with Gasteiger partial charge in [0, 0.05) is 30.7 Å². The molecule has 0 aliphatic carbocycles. The second-order valence-electron chi connectivity index (χ2n) is 8.05. The third-order valence-corrected chi connectivity index (χ3v) is 6.01. The number of likely N-dealkylation sites (tertiary alicyclic amines) is 1. The number of fused-ring (bicyclic) bond motifs is 3. The fraction of sp³-hybridized carbons (Fsp3) is 0.409. The molecule has 2 saturated heterocycles. The van der Waals surface area contributed by atoms with Crippen LogP contribution in [-0.2, 0) is 0 Å². The molecule has 6 nitrogen and oxygen atoms in total. The van der Waals surface area contributed by atoms with Gasteiger partial charge in [0.1, 0.15) is 0 Å². The van der Waals surface area contributed by atoms with E-state index in [1.54, 1.807) is 0 Å². The summed E-state index contributed by atoms with van der Waals surface area (Å²) in [7, 11) is 0. The average molecular weight is 376 g/mol. The molecular formula is C22H24N4O2. The number of nitrogens with zero attached hydrogens (tertiary/aromatic N) is 3. The first-order valence-corrected chi connectivity index (χ1v) is 9.98. The number of nitrogens with one attached hydrogen (secondary N) is 1. The number of aryl methyl sites for hydroxylation is 2. The van der Waals surface area contributed by atoms with Gasteiger partial charge in [0.05, 0.1) is 22.3 Å². The second-order valence-corrected chi connectivity index (χ2v) is 8.05. The van der Waals surface area contributed by atoms with Crippen LogP contribution in [0.2, 0.25) is 0 Å². The van der Waals surface area contributed by atoms with Crippen molar-refractivity contribution < 1.29 is 9.32 Å². The molecule has 0 radical (unpaired) electrons. The Morgan fingerprint density at radius 2 is 1.93 bits per heavy atom. The van der Waals surface area contributed by atoms with Crippen molar-refractivity contribution in [3.8, 4) is 11.3 Å². The summed E-state index contributed by atoms with van der Waals surface area (Å²) in [5, 5.41) is 8.43. The van der Waals surface area contributed by atoms with Crippen molar-refractivity contribution in [2.24, 2.45) is 0 Å². The van der Waals surface area contributed by atoms with Gasteiger partial charge in [-0.2, -0.15) is 0 Å². The molecule has 1 amide bonds. The number of hydrogen-bond donors (Lipinski definition) is 1. The predicted octanol–water partition coefficient (Wildman–Crippen LogP) is 3.47. The Morgan fingerprint density at radius 3 is 2.75 bits per heavy atom. The fourth-order valence-electron chi connectivity index (χ4n) is 4.43. The Bertz CT molecular complexity index is 1040. The molecule has 144 valence electrons. The zero-order valence-electron chi connectivity index (χ0n) is 16.2. The molecular weight excluding hydrogens is 352 g/mol. The molecule has 6 heteroatoms. The minimum absolute atomic E-state index is 0.0430. The number of carbonyl (C=O) groups is 1. The topological polar surface area (TPSA) is 71.3 Å². The Balaban J connectivity index is 1.58. The highest BCUT2D eigenvalue weighted by Gasteiger charge is 2.32. The number of hydrogen-bond acceptors (Lipinski definition) is 5. The second kappa shape index (κ2) is 6.71. The van der Waals surface area contributed by atoms with Crippen molar-refractivity contribution in [1.82, 2.24) is 20.4 Å². The number of benzene rings is 1. The number of amides is 1. The number of rotatable bonds is 2. The van der Waals surface area contributed by atoms with E-state index in [1.165, 1.54) is 12.0 Å². The van der Waals surface area contributed by atoms with E-state index in [4.69, 9.17) is 4.52 Å². The summed E-state index contributed by atoms with van der Waals surface area (Å²) in [5.41, 5.74) is 4.65. The predicted molar refractivity (Wildman–Crippen MR) is 107 cm³/mol. The minimum Gasteiger partial charge on any atom is -0.337 e. The lowest BCUT2D eigenvalue weighted by Gasteiger charge is -2.24. The van der Waals surface area contributed by atoms with Crippen LogP contribution in [0.4, 0.5) is 0 Å². The lowest BCUT2D eigenvalue weighted by molar-refractivity contribution is 0.0750. The van der Waals surface area contributed by atoms with Crippen LogP contribution in [0.25, 0.3) is 22.4 Å². The van der Waals surface area contributed by atoms with Crippen LogP contribution in [0.3, 0.4) is 0 Å². The van der Waals surface area contributed by atoms with Crippen LogP contribution in [0.5, 0.6) is 0 Å². The molecule has 4 heterocycles. The molecule has 2 fully saturated rings. The highest BCUT2D eigenvalue weighted by molar-refractivity contribution is 6.07. The summed E-state index contributed by atoms with van der Waals surface area (Å²) >= 11 is 0. The van der Waals surface area contributed by atoms with E-state index in [0.29, 0.717) is 29.1 Å². The van der Waals surface area contributed by atoms with E-state index in [9.17, 15) is 4.79 Å². The summed E-state index contributed by atoms with van der Waals surface area (Å²) in [5.74, 6) is 0.0430. The SMILES string of the molecule is Cc1ccc(-c2cc(C(=O)N3CCC4CCC(C3)N4)c3c(C)noc3n2)cc1. The molecule has 0 saturated carbocycles. The molecule has 1 N–H and O–H groups in total. The summed E-state index contributed by atoms with van der Waals surface area (Å²) < 4.78 is 5.44. The van der Waals surface area contributed by atoms with Crippen molar-refractivity contribution in [2.75, 3.05) is 13.1 Å². The maximum Gasteiger partial charge on any atom is 0.259 e. The molecule has 0 spiro atoms. The fourth-order valence-corrected chi connectivity index (χ4v) is 4.43. The molecule has 28 heavy (non-hydrogen) atoms. The Morgan fingerprint density at radius 1 is 1.14 bits per heavy atom. The monoisotopic (exact) mass is 376 g/mol. The van der Waals surface area contributed by atoms with Crippen molar-refractivity contribution >= 4 is 17.0 Å². The van der Waals surface area contributed by atoms with E-state index in [0.717, 1.165) is 42.6 Å². The first-order chi connectivity index (χ1) is 13.6. The molecule has 2 bridgehead atoms. The molecule has 1 aromatic carbocycles. The van der Waals surface area contributed by atoms with Gasteiger partial charge in [0.2, 0.25) is 0 Å². The lowest BCUT2D eigenvalue weighted by atomic mass is 10.0. The molecule has 2 aromatic heterocycles. The first kappa shape index (κ1) is 17.4. The van der Waals surface area contributed by atoms with Gasteiger partial charge in [-0.05, 0) is 39.2 Å². The summed E-state index contributed by atoms with van der Waals surface area (Å²) in [6.45, 7) is 5.45.